The van der Waals surface area contributed by atoms with E-state index in [0.717, 1.165) is 38.2 Å². The minimum Gasteiger partial charge on any atom is -0.478 e. The number of hydrogen-bond acceptors (Lipinski definition) is 5. The molecule has 0 aliphatic heterocycles. The average Bonchev–Trinajstić information content (AvgIpc) is 2.58. The summed E-state index contributed by atoms with van der Waals surface area (Å²) in [5.74, 6) is -1.30. The van der Waals surface area contributed by atoms with Crippen molar-refractivity contribution < 1.29 is 19.7 Å². The number of allylic oxidation sites excluding steroid dienone is 1. The van der Waals surface area contributed by atoms with Crippen molar-refractivity contribution in [3.05, 3.63) is 49.6 Å². The summed E-state index contributed by atoms with van der Waals surface area (Å²) in [6.07, 6.45) is 7.55. The lowest BCUT2D eigenvalue weighted by Crippen LogP contribution is -2.08. The number of carboxylic acids is 1. The molecule has 142 valence electrons. The third-order valence-corrected chi connectivity index (χ3v) is 4.18. The Bertz CT molecular complexity index is 712. The number of nitro groups is 2. The number of non-ortho nitro benzene ring substituents is 1. The fourth-order valence-corrected chi connectivity index (χ4v) is 2.90. The second-order valence-corrected chi connectivity index (χ2v) is 6.04. The maximum Gasteiger partial charge on any atom is 0.336 e. The number of aryl methyl sites for hydroxylation is 1. The van der Waals surface area contributed by atoms with Crippen LogP contribution in [0.1, 0.15) is 63.5 Å². The monoisotopic (exact) mass is 364 g/mol. The van der Waals surface area contributed by atoms with Gasteiger partial charge >= 0.3 is 5.97 Å². The molecule has 0 amide bonds. The quantitative estimate of drug-likeness (QED) is 0.258. The number of aliphatic carboxylic acids is 1. The summed E-state index contributed by atoms with van der Waals surface area (Å²) in [6.45, 7) is 3.59. The molecule has 1 rings (SSSR count). The zero-order chi connectivity index (χ0) is 19.7. The summed E-state index contributed by atoms with van der Waals surface area (Å²) in [5.41, 5.74) is -0.869. The van der Waals surface area contributed by atoms with Crippen molar-refractivity contribution in [1.82, 2.24) is 0 Å². The molecule has 1 aromatic carbocycles. The van der Waals surface area contributed by atoms with Gasteiger partial charge in [0.05, 0.1) is 27.0 Å². The first-order valence-corrected chi connectivity index (χ1v) is 8.69. The van der Waals surface area contributed by atoms with Crippen LogP contribution in [-0.2, 0) is 11.2 Å². The number of carbonyl (C=O) groups is 1. The van der Waals surface area contributed by atoms with E-state index in [1.54, 1.807) is 0 Å². The Morgan fingerprint density at radius 2 is 1.69 bits per heavy atom. The molecular formula is C18H24N2O6. The Labute approximate surface area is 151 Å². The van der Waals surface area contributed by atoms with E-state index in [9.17, 15) is 30.1 Å². The van der Waals surface area contributed by atoms with Gasteiger partial charge < -0.3 is 5.11 Å². The Balaban J connectivity index is 3.27. The van der Waals surface area contributed by atoms with Crippen LogP contribution in [0, 0.1) is 20.2 Å². The number of unbranched alkanes of at least 4 members (excludes halogenated alkanes) is 5. The lowest BCUT2D eigenvalue weighted by atomic mass is 9.93. The largest absolute Gasteiger partial charge is 0.478 e. The fourth-order valence-electron chi connectivity index (χ4n) is 2.90. The molecular weight excluding hydrogens is 340 g/mol. The van der Waals surface area contributed by atoms with Crippen molar-refractivity contribution in [3.63, 3.8) is 0 Å². The van der Waals surface area contributed by atoms with E-state index < -0.39 is 27.2 Å². The molecule has 0 radical (unpaired) electrons. The van der Waals surface area contributed by atoms with Gasteiger partial charge in [-0.05, 0) is 25.3 Å². The Morgan fingerprint density at radius 1 is 1.08 bits per heavy atom. The summed E-state index contributed by atoms with van der Waals surface area (Å²) in [6, 6.07) is 2.08. The third-order valence-electron chi connectivity index (χ3n) is 4.18. The van der Waals surface area contributed by atoms with E-state index in [2.05, 4.69) is 6.92 Å². The Kier molecular flexibility index (Phi) is 8.41. The van der Waals surface area contributed by atoms with E-state index >= 15 is 0 Å². The van der Waals surface area contributed by atoms with Crippen LogP contribution in [0.3, 0.4) is 0 Å². The van der Waals surface area contributed by atoms with Gasteiger partial charge in [-0.15, -0.1) is 0 Å². The molecule has 0 saturated carbocycles. The van der Waals surface area contributed by atoms with Crippen LogP contribution in [0.4, 0.5) is 11.4 Å². The molecule has 0 spiro atoms. The van der Waals surface area contributed by atoms with Crippen LogP contribution in [-0.4, -0.2) is 20.9 Å². The number of benzene rings is 1. The van der Waals surface area contributed by atoms with Crippen molar-refractivity contribution in [3.8, 4) is 0 Å². The minimum atomic E-state index is -1.30. The first-order chi connectivity index (χ1) is 12.3. The van der Waals surface area contributed by atoms with Gasteiger partial charge in [0.25, 0.3) is 11.4 Å². The summed E-state index contributed by atoms with van der Waals surface area (Å²) in [7, 11) is 0. The smallest absolute Gasteiger partial charge is 0.336 e. The second-order valence-electron chi connectivity index (χ2n) is 6.04. The van der Waals surface area contributed by atoms with Crippen LogP contribution in [0.5, 0.6) is 0 Å². The lowest BCUT2D eigenvalue weighted by molar-refractivity contribution is -0.394. The highest BCUT2D eigenvalue weighted by Gasteiger charge is 2.28. The van der Waals surface area contributed by atoms with Crippen molar-refractivity contribution in [2.45, 2.75) is 58.8 Å². The van der Waals surface area contributed by atoms with Crippen LogP contribution >= 0.6 is 0 Å². The number of hydrogen-bond donors (Lipinski definition) is 1. The van der Waals surface area contributed by atoms with Gasteiger partial charge in [0.15, 0.2) is 0 Å². The average molecular weight is 364 g/mol. The molecule has 0 atom stereocenters. The molecule has 0 aromatic heterocycles. The van der Waals surface area contributed by atoms with E-state index in [0.29, 0.717) is 18.4 Å². The summed E-state index contributed by atoms with van der Waals surface area (Å²) >= 11 is 0. The van der Waals surface area contributed by atoms with Crippen LogP contribution in [0.25, 0.3) is 5.57 Å². The molecule has 1 aromatic rings. The first-order valence-electron chi connectivity index (χ1n) is 8.69. The highest BCUT2D eigenvalue weighted by molar-refractivity contribution is 6.17. The highest BCUT2D eigenvalue weighted by Crippen LogP contribution is 2.35. The lowest BCUT2D eigenvalue weighted by Gasteiger charge is -2.11. The number of nitrogens with zero attached hydrogens (tertiary/aromatic N) is 2. The zero-order valence-corrected chi connectivity index (χ0v) is 15.1. The Hall–Kier alpha value is -2.77. The van der Waals surface area contributed by atoms with Crippen LogP contribution in [0.15, 0.2) is 18.2 Å². The molecule has 8 nitrogen and oxygen atoms in total. The van der Waals surface area contributed by atoms with E-state index in [1.807, 2.05) is 0 Å². The summed E-state index contributed by atoms with van der Waals surface area (Å²) in [4.78, 5) is 32.6. The summed E-state index contributed by atoms with van der Waals surface area (Å²) in [5, 5.41) is 31.9. The standard InChI is InChI=1S/C18H24N2O6/c1-3-5-6-7-8-9-10-13-11-14(19(23)24)12-16(20(25)26)17(13)15(4-2)18(21)22/h4,11-12H,3,5-10H2,1-2H3,(H,21,22). The molecule has 0 fully saturated rings. The van der Waals surface area contributed by atoms with Crippen LogP contribution < -0.4 is 0 Å². The summed E-state index contributed by atoms with van der Waals surface area (Å²) < 4.78 is 0. The van der Waals surface area contributed by atoms with Gasteiger partial charge in [-0.3, -0.25) is 20.2 Å². The second kappa shape index (κ2) is 10.3. The van der Waals surface area contributed by atoms with Gasteiger partial charge in [-0.1, -0.05) is 45.1 Å². The van der Waals surface area contributed by atoms with Crippen molar-refractivity contribution in [2.75, 3.05) is 0 Å². The van der Waals surface area contributed by atoms with Gasteiger partial charge in [-0.2, -0.15) is 0 Å². The van der Waals surface area contributed by atoms with Gasteiger partial charge in [0.1, 0.15) is 0 Å². The molecule has 0 unspecified atom stereocenters. The number of carboxylic acid groups (broad SMARTS) is 1. The van der Waals surface area contributed by atoms with E-state index in [-0.39, 0.29) is 11.1 Å². The maximum atomic E-state index is 11.5. The molecule has 0 saturated heterocycles. The molecule has 1 N–H and O–H groups in total. The predicted octanol–water partition coefficient (Wildman–Crippen LogP) is 4.89. The van der Waals surface area contributed by atoms with Crippen molar-refractivity contribution in [1.29, 1.82) is 0 Å². The highest BCUT2D eigenvalue weighted by atomic mass is 16.6. The van der Waals surface area contributed by atoms with Crippen molar-refractivity contribution >= 4 is 22.9 Å². The van der Waals surface area contributed by atoms with Crippen LogP contribution in [0.2, 0.25) is 0 Å². The van der Waals surface area contributed by atoms with E-state index in [1.165, 1.54) is 19.1 Å². The molecule has 0 aliphatic carbocycles. The van der Waals surface area contributed by atoms with Gasteiger partial charge in [-0.25, -0.2) is 4.79 Å². The molecule has 8 heteroatoms. The fraction of sp³-hybridized carbons (Fsp3) is 0.500. The first kappa shape index (κ1) is 21.3. The number of rotatable bonds is 11. The SMILES string of the molecule is CC=C(C(=O)O)c1c(CCCCCCCC)cc([N+](=O)[O-])cc1[N+](=O)[O-]. The topological polar surface area (TPSA) is 124 Å². The third kappa shape index (κ3) is 5.65. The van der Waals surface area contributed by atoms with Crippen molar-refractivity contribution in [2.24, 2.45) is 0 Å². The number of nitro benzene ring substituents is 2. The maximum absolute atomic E-state index is 11.5. The predicted molar refractivity (Wildman–Crippen MR) is 98.1 cm³/mol. The van der Waals surface area contributed by atoms with Gasteiger partial charge in [0, 0.05) is 6.07 Å². The molecule has 26 heavy (non-hydrogen) atoms. The molecule has 0 aliphatic rings. The zero-order valence-electron chi connectivity index (χ0n) is 15.1. The molecule has 0 bridgehead atoms. The molecule has 0 heterocycles. The normalized spacial score (nSPS) is 11.4. The van der Waals surface area contributed by atoms with Gasteiger partial charge in [0.2, 0.25) is 0 Å². The minimum absolute atomic E-state index is 0.0378. The van der Waals surface area contributed by atoms with E-state index in [4.69, 9.17) is 0 Å². The Morgan fingerprint density at radius 3 is 2.19 bits per heavy atom.